The van der Waals surface area contributed by atoms with E-state index in [0.717, 1.165) is 6.07 Å². The van der Waals surface area contributed by atoms with Crippen LogP contribution in [0.5, 0.6) is 0 Å². The van der Waals surface area contributed by atoms with Gasteiger partial charge in [0.15, 0.2) is 0 Å². The van der Waals surface area contributed by atoms with E-state index in [0.29, 0.717) is 11.6 Å². The Kier molecular flexibility index (Phi) is 3.10. The van der Waals surface area contributed by atoms with Gasteiger partial charge in [-0.05, 0) is 32.0 Å². The second kappa shape index (κ2) is 4.56. The minimum Gasteiger partial charge on any atom is -0.478 e. The molecule has 1 aromatic heterocycles. The Morgan fingerprint density at radius 2 is 2.17 bits per heavy atom. The summed E-state index contributed by atoms with van der Waals surface area (Å²) in [6.07, 6.45) is 0. The summed E-state index contributed by atoms with van der Waals surface area (Å²) in [6.45, 7) is 3.67. The highest BCUT2D eigenvalue weighted by atomic mass is 19.1. The van der Waals surface area contributed by atoms with Crippen LogP contribution < -0.4 is 0 Å². The summed E-state index contributed by atoms with van der Waals surface area (Å²) in [4.78, 5) is 14.9. The van der Waals surface area contributed by atoms with Gasteiger partial charge in [-0.3, -0.25) is 0 Å². The number of carboxylic acid groups (broad SMARTS) is 1. The molecule has 5 nitrogen and oxygen atoms in total. The molecule has 2 aromatic rings. The molecular formula is C12H12FN3O2. The summed E-state index contributed by atoms with van der Waals surface area (Å²) in [5.74, 6) is -0.273. The van der Waals surface area contributed by atoms with E-state index < -0.39 is 11.8 Å². The van der Waals surface area contributed by atoms with Gasteiger partial charge in [0.2, 0.25) is 0 Å². The van der Waals surface area contributed by atoms with Crippen molar-refractivity contribution in [2.75, 3.05) is 0 Å². The number of carboxylic acids is 1. The molecule has 1 heterocycles. The minimum atomic E-state index is -1.08. The first-order chi connectivity index (χ1) is 8.47. The second-order valence-electron chi connectivity index (χ2n) is 3.98. The van der Waals surface area contributed by atoms with E-state index in [2.05, 4.69) is 10.1 Å². The van der Waals surface area contributed by atoms with Gasteiger partial charge in [-0.25, -0.2) is 18.9 Å². The third-order valence-corrected chi connectivity index (χ3v) is 2.58. The molecule has 18 heavy (non-hydrogen) atoms. The topological polar surface area (TPSA) is 68.0 Å². The van der Waals surface area contributed by atoms with Crippen LogP contribution in [0.15, 0.2) is 18.2 Å². The average Bonchev–Trinajstić information content (AvgIpc) is 2.60. The predicted molar refractivity (Wildman–Crippen MR) is 62.0 cm³/mol. The van der Waals surface area contributed by atoms with E-state index in [1.165, 1.54) is 12.1 Å². The van der Waals surface area contributed by atoms with E-state index >= 15 is 0 Å². The molecule has 0 atom stereocenters. The fourth-order valence-electron chi connectivity index (χ4n) is 1.70. The molecule has 0 fully saturated rings. The molecule has 2 rings (SSSR count). The second-order valence-corrected chi connectivity index (χ2v) is 3.98. The van der Waals surface area contributed by atoms with Gasteiger partial charge in [-0.2, -0.15) is 5.10 Å². The lowest BCUT2D eigenvalue weighted by atomic mass is 10.1. The van der Waals surface area contributed by atoms with Gasteiger partial charge >= 0.3 is 5.97 Å². The molecule has 94 valence electrons. The maximum Gasteiger partial charge on any atom is 0.335 e. The van der Waals surface area contributed by atoms with Crippen LogP contribution in [0.3, 0.4) is 0 Å². The fraction of sp³-hybridized carbons (Fsp3) is 0.250. The molecule has 0 radical (unpaired) electrons. The van der Waals surface area contributed by atoms with Crippen molar-refractivity contribution in [1.82, 2.24) is 14.8 Å². The number of hydrogen-bond acceptors (Lipinski definition) is 3. The molecule has 0 aliphatic carbocycles. The average molecular weight is 249 g/mol. The summed E-state index contributed by atoms with van der Waals surface area (Å²) < 4.78 is 15.1. The first kappa shape index (κ1) is 12.2. The Hall–Kier alpha value is -2.24. The van der Waals surface area contributed by atoms with Gasteiger partial charge in [0.25, 0.3) is 0 Å². The summed E-state index contributed by atoms with van der Waals surface area (Å²) in [7, 11) is 0. The van der Waals surface area contributed by atoms with Crippen LogP contribution in [0, 0.1) is 19.7 Å². The number of nitrogens with zero attached hydrogens (tertiary/aromatic N) is 3. The summed E-state index contributed by atoms with van der Waals surface area (Å²) in [5.41, 5.74) is 0.337. The third kappa shape index (κ3) is 2.37. The fourth-order valence-corrected chi connectivity index (χ4v) is 1.70. The number of aryl methyl sites for hydroxylation is 2. The number of rotatable bonds is 3. The molecule has 0 bridgehead atoms. The highest BCUT2D eigenvalue weighted by Crippen LogP contribution is 2.13. The van der Waals surface area contributed by atoms with Crippen molar-refractivity contribution in [2.45, 2.75) is 20.4 Å². The molecule has 0 saturated carbocycles. The van der Waals surface area contributed by atoms with Crippen LogP contribution in [0.2, 0.25) is 0 Å². The molecule has 0 amide bonds. The summed E-state index contributed by atoms with van der Waals surface area (Å²) in [5, 5.41) is 13.0. The quantitative estimate of drug-likeness (QED) is 0.900. The molecule has 0 saturated heterocycles. The smallest absolute Gasteiger partial charge is 0.335 e. The predicted octanol–water partition coefficient (Wildman–Crippen LogP) is 1.78. The molecule has 0 aliphatic rings. The molecule has 6 heteroatoms. The molecule has 1 N–H and O–H groups in total. The highest BCUT2D eigenvalue weighted by Gasteiger charge is 2.11. The van der Waals surface area contributed by atoms with Gasteiger partial charge in [-0.15, -0.1) is 0 Å². The van der Waals surface area contributed by atoms with Crippen LogP contribution in [0.1, 0.15) is 27.6 Å². The Balaban J connectivity index is 2.36. The van der Waals surface area contributed by atoms with Crippen molar-refractivity contribution >= 4 is 5.97 Å². The first-order valence-corrected chi connectivity index (χ1v) is 5.37. The van der Waals surface area contributed by atoms with Crippen molar-refractivity contribution < 1.29 is 14.3 Å². The van der Waals surface area contributed by atoms with Crippen LogP contribution >= 0.6 is 0 Å². The lowest BCUT2D eigenvalue weighted by Crippen LogP contribution is -2.07. The number of halogens is 1. The summed E-state index contributed by atoms with van der Waals surface area (Å²) in [6, 6.07) is 3.70. The number of aromatic nitrogens is 3. The first-order valence-electron chi connectivity index (χ1n) is 5.37. The highest BCUT2D eigenvalue weighted by molar-refractivity contribution is 5.87. The van der Waals surface area contributed by atoms with Crippen molar-refractivity contribution in [3.63, 3.8) is 0 Å². The number of aromatic carboxylic acids is 1. The lowest BCUT2D eigenvalue weighted by Gasteiger charge is -2.06. The van der Waals surface area contributed by atoms with E-state index in [1.54, 1.807) is 18.5 Å². The Morgan fingerprint density at radius 1 is 1.44 bits per heavy atom. The van der Waals surface area contributed by atoms with E-state index in [4.69, 9.17) is 5.11 Å². The molecule has 0 spiro atoms. The maximum atomic E-state index is 13.6. The van der Waals surface area contributed by atoms with Crippen LogP contribution in [0.25, 0.3) is 0 Å². The zero-order chi connectivity index (χ0) is 13.3. The van der Waals surface area contributed by atoms with Gasteiger partial charge in [0, 0.05) is 5.56 Å². The number of hydrogen-bond donors (Lipinski definition) is 1. The number of benzene rings is 1. The largest absolute Gasteiger partial charge is 0.478 e. The van der Waals surface area contributed by atoms with E-state index in [1.807, 2.05) is 0 Å². The van der Waals surface area contributed by atoms with Crippen molar-refractivity contribution in [2.24, 2.45) is 0 Å². The Labute approximate surface area is 103 Å². The van der Waals surface area contributed by atoms with Crippen LogP contribution in [-0.4, -0.2) is 25.8 Å². The Bertz CT molecular complexity index is 607. The zero-order valence-electron chi connectivity index (χ0n) is 10.0. The molecule has 0 unspecified atom stereocenters. The standard InChI is InChI=1S/C12H12FN3O2/c1-7-14-8(2)16(15-7)6-10-5-9(12(17)18)3-4-11(10)13/h3-5H,6H2,1-2H3,(H,17,18). The van der Waals surface area contributed by atoms with Gasteiger partial charge in [0.1, 0.15) is 17.5 Å². The maximum absolute atomic E-state index is 13.6. The zero-order valence-corrected chi connectivity index (χ0v) is 10.0. The minimum absolute atomic E-state index is 0.0564. The van der Waals surface area contributed by atoms with Gasteiger partial charge < -0.3 is 5.11 Å². The van der Waals surface area contributed by atoms with Crippen molar-refractivity contribution in [1.29, 1.82) is 0 Å². The SMILES string of the molecule is Cc1nc(C)n(Cc2cc(C(=O)O)ccc2F)n1. The van der Waals surface area contributed by atoms with E-state index in [9.17, 15) is 9.18 Å². The van der Waals surface area contributed by atoms with Gasteiger partial charge in [-0.1, -0.05) is 0 Å². The number of carbonyl (C=O) groups is 1. The van der Waals surface area contributed by atoms with Gasteiger partial charge in [0.05, 0.1) is 12.1 Å². The molecule has 0 aliphatic heterocycles. The molecular weight excluding hydrogens is 237 g/mol. The lowest BCUT2D eigenvalue weighted by molar-refractivity contribution is 0.0696. The van der Waals surface area contributed by atoms with Crippen LogP contribution in [0.4, 0.5) is 4.39 Å². The van der Waals surface area contributed by atoms with Crippen molar-refractivity contribution in [3.8, 4) is 0 Å². The van der Waals surface area contributed by atoms with E-state index in [-0.39, 0.29) is 17.7 Å². The normalized spacial score (nSPS) is 10.6. The molecule has 1 aromatic carbocycles. The van der Waals surface area contributed by atoms with Crippen LogP contribution in [-0.2, 0) is 6.54 Å². The monoisotopic (exact) mass is 249 g/mol. The van der Waals surface area contributed by atoms with Crippen molar-refractivity contribution in [3.05, 3.63) is 46.8 Å². The summed E-state index contributed by atoms with van der Waals surface area (Å²) >= 11 is 0. The Morgan fingerprint density at radius 3 is 2.72 bits per heavy atom. The third-order valence-electron chi connectivity index (χ3n) is 2.58.